The van der Waals surface area contributed by atoms with E-state index in [9.17, 15) is 4.79 Å². The fourth-order valence-corrected chi connectivity index (χ4v) is 5.89. The Labute approximate surface area is 202 Å². The summed E-state index contributed by atoms with van der Waals surface area (Å²) in [5.74, 6) is 0.873. The first kappa shape index (κ1) is 22.6. The minimum Gasteiger partial charge on any atom is -0.299 e. The van der Waals surface area contributed by atoms with Gasteiger partial charge in [0.15, 0.2) is 5.78 Å². The van der Waals surface area contributed by atoms with E-state index in [4.69, 9.17) is 16.6 Å². The summed E-state index contributed by atoms with van der Waals surface area (Å²) in [4.78, 5) is 20.4. The van der Waals surface area contributed by atoms with Gasteiger partial charge in [-0.15, -0.1) is 0 Å². The molecule has 2 heterocycles. The molecule has 0 unspecified atom stereocenters. The van der Waals surface area contributed by atoms with E-state index in [1.807, 2.05) is 18.2 Å². The second-order valence-corrected chi connectivity index (χ2v) is 10.3. The maximum atomic E-state index is 13.0. The van der Waals surface area contributed by atoms with Crippen molar-refractivity contribution in [3.63, 3.8) is 0 Å². The number of benzene rings is 2. The standard InChI is InChI=1S/C29H33ClN2O/c1-20-5-4-6-22(17-20)19-32-15-13-21(14-16-32)9-12-28(33)23-10-11-25-27(18-23)31-26-8-3-2-7-24(26)29(25)30/h4-6,10-11,17-18,21H,2-3,7-9,12-16,19H2,1H3. The predicted molar refractivity (Wildman–Crippen MR) is 136 cm³/mol. The fourth-order valence-electron chi connectivity index (χ4n) is 5.52. The molecule has 172 valence electrons. The second kappa shape index (κ2) is 9.95. The molecule has 1 aliphatic carbocycles. The molecule has 5 rings (SSSR count). The van der Waals surface area contributed by atoms with Gasteiger partial charge in [0, 0.05) is 29.6 Å². The van der Waals surface area contributed by atoms with Gasteiger partial charge >= 0.3 is 0 Å². The third-order valence-electron chi connectivity index (χ3n) is 7.49. The topological polar surface area (TPSA) is 33.2 Å². The summed E-state index contributed by atoms with van der Waals surface area (Å²) in [6.07, 6.45) is 8.32. The molecule has 1 fully saturated rings. The zero-order valence-electron chi connectivity index (χ0n) is 19.6. The summed E-state index contributed by atoms with van der Waals surface area (Å²) < 4.78 is 0. The van der Waals surface area contributed by atoms with Gasteiger partial charge in [-0.1, -0.05) is 53.6 Å². The van der Waals surface area contributed by atoms with Gasteiger partial charge in [0.2, 0.25) is 0 Å². The highest BCUT2D eigenvalue weighted by Crippen LogP contribution is 2.33. The molecule has 0 saturated carbocycles. The quantitative estimate of drug-likeness (QED) is 0.373. The molecular weight excluding hydrogens is 428 g/mol. The highest BCUT2D eigenvalue weighted by atomic mass is 35.5. The molecule has 2 aliphatic rings. The van der Waals surface area contributed by atoms with E-state index in [-0.39, 0.29) is 5.78 Å². The van der Waals surface area contributed by atoms with Gasteiger partial charge in [-0.25, -0.2) is 0 Å². The van der Waals surface area contributed by atoms with E-state index in [0.717, 1.165) is 66.1 Å². The van der Waals surface area contributed by atoms with Crippen LogP contribution in [0, 0.1) is 12.8 Å². The predicted octanol–water partition coefficient (Wildman–Crippen LogP) is 6.95. The Bertz CT molecular complexity index is 1160. The van der Waals surface area contributed by atoms with E-state index in [1.165, 1.54) is 42.4 Å². The van der Waals surface area contributed by atoms with Crippen LogP contribution in [0.4, 0.5) is 0 Å². The summed E-state index contributed by atoms with van der Waals surface area (Å²) >= 11 is 6.70. The van der Waals surface area contributed by atoms with Crippen molar-refractivity contribution < 1.29 is 4.79 Å². The Kier molecular flexibility index (Phi) is 6.80. The Morgan fingerprint density at radius 2 is 1.91 bits per heavy atom. The Hall–Kier alpha value is -2.23. The molecule has 0 amide bonds. The van der Waals surface area contributed by atoms with Crippen LogP contribution in [-0.4, -0.2) is 28.8 Å². The SMILES string of the molecule is Cc1cccc(CN2CCC(CCC(=O)c3ccc4c(Cl)c5c(nc4c3)CCCC5)CC2)c1. The van der Waals surface area contributed by atoms with Crippen molar-refractivity contribution in [2.75, 3.05) is 13.1 Å². The monoisotopic (exact) mass is 460 g/mol. The largest absolute Gasteiger partial charge is 0.299 e. The number of Topliss-reactive ketones (excluding diaryl/α,β-unsaturated/α-hetero) is 1. The number of halogens is 1. The summed E-state index contributed by atoms with van der Waals surface area (Å²) in [6.45, 7) is 5.43. The van der Waals surface area contributed by atoms with E-state index < -0.39 is 0 Å². The van der Waals surface area contributed by atoms with Crippen molar-refractivity contribution in [1.82, 2.24) is 9.88 Å². The van der Waals surface area contributed by atoms with Gasteiger partial charge in [-0.3, -0.25) is 14.7 Å². The smallest absolute Gasteiger partial charge is 0.162 e. The van der Waals surface area contributed by atoms with Crippen molar-refractivity contribution >= 4 is 28.3 Å². The van der Waals surface area contributed by atoms with E-state index in [2.05, 4.69) is 36.1 Å². The number of carbonyl (C=O) groups excluding carboxylic acids is 1. The molecule has 0 spiro atoms. The number of hydrogen-bond donors (Lipinski definition) is 0. The average Bonchev–Trinajstić information content (AvgIpc) is 2.83. The van der Waals surface area contributed by atoms with E-state index in [0.29, 0.717) is 12.3 Å². The third kappa shape index (κ3) is 5.15. The first-order valence-electron chi connectivity index (χ1n) is 12.5. The van der Waals surface area contributed by atoms with Crippen LogP contribution in [0.25, 0.3) is 10.9 Å². The Balaban J connectivity index is 1.17. The Morgan fingerprint density at radius 3 is 2.73 bits per heavy atom. The van der Waals surface area contributed by atoms with Gasteiger partial charge < -0.3 is 0 Å². The molecule has 0 N–H and O–H groups in total. The number of ketones is 1. The fraction of sp³-hybridized carbons (Fsp3) is 0.448. The number of aryl methyl sites for hydroxylation is 2. The van der Waals surface area contributed by atoms with E-state index >= 15 is 0 Å². The van der Waals surface area contributed by atoms with Crippen molar-refractivity contribution in [1.29, 1.82) is 0 Å². The lowest BCUT2D eigenvalue weighted by molar-refractivity contribution is 0.0961. The van der Waals surface area contributed by atoms with Crippen LogP contribution in [0.5, 0.6) is 0 Å². The van der Waals surface area contributed by atoms with Crippen LogP contribution in [0.2, 0.25) is 5.02 Å². The van der Waals surface area contributed by atoms with Crippen LogP contribution in [0.1, 0.15) is 71.3 Å². The molecular formula is C29H33ClN2O. The van der Waals surface area contributed by atoms with Gasteiger partial charge in [0.1, 0.15) is 0 Å². The summed E-state index contributed by atoms with van der Waals surface area (Å²) in [7, 11) is 0. The highest BCUT2D eigenvalue weighted by Gasteiger charge is 2.21. The highest BCUT2D eigenvalue weighted by molar-refractivity contribution is 6.36. The van der Waals surface area contributed by atoms with Crippen LogP contribution in [0.3, 0.4) is 0 Å². The molecule has 2 aromatic carbocycles. The van der Waals surface area contributed by atoms with E-state index in [1.54, 1.807) is 0 Å². The minimum absolute atomic E-state index is 0.231. The normalized spacial score (nSPS) is 17.3. The number of fused-ring (bicyclic) bond motifs is 2. The molecule has 33 heavy (non-hydrogen) atoms. The molecule has 1 aliphatic heterocycles. The van der Waals surface area contributed by atoms with Crippen LogP contribution < -0.4 is 0 Å². The maximum Gasteiger partial charge on any atom is 0.162 e. The molecule has 0 radical (unpaired) electrons. The van der Waals surface area contributed by atoms with Crippen molar-refractivity contribution in [2.45, 2.75) is 64.8 Å². The van der Waals surface area contributed by atoms with Crippen LogP contribution in [-0.2, 0) is 19.4 Å². The van der Waals surface area contributed by atoms with Crippen molar-refractivity contribution in [2.24, 2.45) is 5.92 Å². The first-order chi connectivity index (χ1) is 16.1. The number of nitrogens with zero attached hydrogens (tertiary/aromatic N) is 2. The lowest BCUT2D eigenvalue weighted by Gasteiger charge is -2.32. The Morgan fingerprint density at radius 1 is 1.09 bits per heavy atom. The number of hydrogen-bond acceptors (Lipinski definition) is 3. The number of rotatable bonds is 6. The number of carbonyl (C=O) groups is 1. The number of pyridine rings is 1. The van der Waals surface area contributed by atoms with Gasteiger partial charge in [0.05, 0.1) is 10.5 Å². The minimum atomic E-state index is 0.231. The van der Waals surface area contributed by atoms with Crippen LogP contribution in [0.15, 0.2) is 42.5 Å². The van der Waals surface area contributed by atoms with Crippen LogP contribution >= 0.6 is 11.6 Å². The summed E-state index contributed by atoms with van der Waals surface area (Å²) in [6, 6.07) is 14.7. The number of piperidine rings is 1. The average molecular weight is 461 g/mol. The molecule has 0 atom stereocenters. The zero-order chi connectivity index (χ0) is 22.8. The molecule has 4 heteroatoms. The zero-order valence-corrected chi connectivity index (χ0v) is 20.3. The van der Waals surface area contributed by atoms with Gasteiger partial charge in [0.25, 0.3) is 0 Å². The van der Waals surface area contributed by atoms with Crippen molar-refractivity contribution in [3.8, 4) is 0 Å². The lowest BCUT2D eigenvalue weighted by Crippen LogP contribution is -2.33. The number of aromatic nitrogens is 1. The summed E-state index contributed by atoms with van der Waals surface area (Å²) in [5, 5.41) is 1.82. The summed E-state index contributed by atoms with van der Waals surface area (Å²) in [5.41, 5.74) is 6.71. The van der Waals surface area contributed by atoms with Crippen molar-refractivity contribution in [3.05, 3.63) is 75.4 Å². The van der Waals surface area contributed by atoms with Gasteiger partial charge in [-0.05, 0) is 88.1 Å². The first-order valence-corrected chi connectivity index (χ1v) is 12.9. The lowest BCUT2D eigenvalue weighted by atomic mass is 9.90. The molecule has 3 aromatic rings. The molecule has 1 saturated heterocycles. The molecule has 3 nitrogen and oxygen atoms in total. The van der Waals surface area contributed by atoms with Gasteiger partial charge in [-0.2, -0.15) is 0 Å². The molecule has 0 bridgehead atoms. The third-order valence-corrected chi connectivity index (χ3v) is 7.92. The maximum absolute atomic E-state index is 13.0. The molecule has 1 aromatic heterocycles. The second-order valence-electron chi connectivity index (χ2n) is 9.96. The number of likely N-dealkylation sites (tertiary alicyclic amines) is 1.